The molecule has 0 atom stereocenters. The minimum absolute atomic E-state index is 0.398. The van der Waals surface area contributed by atoms with E-state index in [2.05, 4.69) is 22.6 Å². The van der Waals surface area contributed by atoms with Crippen LogP contribution in [-0.2, 0) is 4.79 Å². The third-order valence-corrected chi connectivity index (χ3v) is 1.50. The largest absolute Gasteiger partial charge is 0.478 e. The van der Waals surface area contributed by atoms with E-state index in [1.54, 1.807) is 13.0 Å². The summed E-state index contributed by atoms with van der Waals surface area (Å²) in [5.41, 5.74) is 0.398. The van der Waals surface area contributed by atoms with Crippen molar-refractivity contribution in [2.45, 2.75) is 13.3 Å². The van der Waals surface area contributed by atoms with Gasteiger partial charge in [-0.15, -0.1) is 0 Å². The van der Waals surface area contributed by atoms with Crippen molar-refractivity contribution in [3.63, 3.8) is 0 Å². The van der Waals surface area contributed by atoms with Crippen molar-refractivity contribution in [3.05, 3.63) is 21.8 Å². The number of rotatable bonds is 3. The molecule has 0 aromatic rings. The number of carbonyl (C=O) groups is 1. The van der Waals surface area contributed by atoms with Crippen LogP contribution in [0.5, 0.6) is 0 Å². The van der Waals surface area contributed by atoms with Gasteiger partial charge in [-0.25, -0.2) is 4.79 Å². The van der Waals surface area contributed by atoms with Crippen molar-refractivity contribution in [3.8, 4) is 0 Å². The van der Waals surface area contributed by atoms with Gasteiger partial charge < -0.3 is 5.11 Å². The minimum atomic E-state index is -0.846. The zero-order valence-electron chi connectivity index (χ0n) is 5.67. The maximum Gasteiger partial charge on any atom is 0.330 e. The molecular formula is C7H9IO2. The summed E-state index contributed by atoms with van der Waals surface area (Å²) in [5, 5.41) is 8.39. The van der Waals surface area contributed by atoms with E-state index in [1.807, 2.05) is 10.2 Å². The zero-order valence-corrected chi connectivity index (χ0v) is 7.83. The Morgan fingerprint density at radius 1 is 1.70 bits per heavy atom. The van der Waals surface area contributed by atoms with Crippen LogP contribution in [0.4, 0.5) is 0 Å². The average molecular weight is 252 g/mol. The molecule has 0 saturated carbocycles. The third kappa shape index (κ3) is 4.55. The molecule has 0 amide bonds. The van der Waals surface area contributed by atoms with E-state index >= 15 is 0 Å². The van der Waals surface area contributed by atoms with Gasteiger partial charge in [-0.05, 0) is 17.4 Å². The van der Waals surface area contributed by atoms with Gasteiger partial charge in [-0.2, -0.15) is 0 Å². The van der Waals surface area contributed by atoms with Gasteiger partial charge in [0.1, 0.15) is 0 Å². The first-order chi connectivity index (χ1) is 4.68. The Morgan fingerprint density at radius 3 is 2.70 bits per heavy atom. The Bertz CT molecular complexity index is 170. The van der Waals surface area contributed by atoms with Crippen molar-refractivity contribution in [1.82, 2.24) is 0 Å². The monoisotopic (exact) mass is 252 g/mol. The lowest BCUT2D eigenvalue weighted by atomic mass is 10.2. The number of hydrogen-bond donors (Lipinski definition) is 1. The second-order valence-electron chi connectivity index (χ2n) is 1.79. The lowest BCUT2D eigenvalue weighted by Crippen LogP contribution is -1.94. The Hall–Kier alpha value is -0.320. The van der Waals surface area contributed by atoms with Crippen LogP contribution < -0.4 is 0 Å². The number of hydrogen-bond acceptors (Lipinski definition) is 1. The summed E-state index contributed by atoms with van der Waals surface area (Å²) in [7, 11) is 0. The first-order valence-electron chi connectivity index (χ1n) is 2.83. The van der Waals surface area contributed by atoms with E-state index in [9.17, 15) is 4.79 Å². The summed E-state index contributed by atoms with van der Waals surface area (Å²) in [4.78, 5) is 10.2. The van der Waals surface area contributed by atoms with Gasteiger partial charge in [0.05, 0.1) is 0 Å². The van der Waals surface area contributed by atoms with E-state index in [0.717, 1.165) is 0 Å². The van der Waals surface area contributed by atoms with Crippen molar-refractivity contribution in [2.75, 3.05) is 0 Å². The molecule has 0 unspecified atom stereocenters. The molecule has 56 valence electrons. The van der Waals surface area contributed by atoms with E-state index < -0.39 is 5.97 Å². The third-order valence-electron chi connectivity index (χ3n) is 0.987. The maximum absolute atomic E-state index is 10.2. The summed E-state index contributed by atoms with van der Waals surface area (Å²) in [6.45, 7) is 1.59. The number of aliphatic carboxylic acids is 1. The minimum Gasteiger partial charge on any atom is -0.478 e. The van der Waals surface area contributed by atoms with E-state index in [-0.39, 0.29) is 0 Å². The van der Waals surface area contributed by atoms with Gasteiger partial charge in [0, 0.05) is 5.57 Å². The maximum atomic E-state index is 10.2. The van der Waals surface area contributed by atoms with Crippen LogP contribution in [-0.4, -0.2) is 11.1 Å². The molecule has 0 spiro atoms. The number of carboxylic acids is 1. The fourth-order valence-corrected chi connectivity index (χ4v) is 0.677. The Kier molecular flexibility index (Phi) is 5.29. The Labute approximate surface area is 73.8 Å². The van der Waals surface area contributed by atoms with Crippen molar-refractivity contribution in [1.29, 1.82) is 0 Å². The fourth-order valence-electron chi connectivity index (χ4n) is 0.384. The number of carboxylic acid groups (broad SMARTS) is 1. The Balaban J connectivity index is 3.80. The van der Waals surface area contributed by atoms with Gasteiger partial charge in [0.2, 0.25) is 0 Å². The Morgan fingerprint density at radius 2 is 2.30 bits per heavy atom. The topological polar surface area (TPSA) is 37.3 Å². The molecule has 0 aliphatic rings. The predicted molar refractivity (Wildman–Crippen MR) is 49.2 cm³/mol. The van der Waals surface area contributed by atoms with E-state index in [1.165, 1.54) is 0 Å². The smallest absolute Gasteiger partial charge is 0.330 e. The van der Waals surface area contributed by atoms with Crippen LogP contribution in [0.2, 0.25) is 0 Å². The SMILES string of the molecule is CC(=CCC=CI)C(=O)O. The number of halogens is 1. The van der Waals surface area contributed by atoms with E-state index in [4.69, 9.17) is 5.11 Å². The molecule has 0 saturated heterocycles. The highest BCUT2D eigenvalue weighted by Crippen LogP contribution is 1.97. The highest BCUT2D eigenvalue weighted by atomic mass is 127. The quantitative estimate of drug-likeness (QED) is 0.618. The standard InChI is InChI=1S/C7H9IO2/c1-6(7(9)10)4-2-3-5-8/h3-5H,2H2,1H3,(H,9,10). The molecule has 0 bridgehead atoms. The second-order valence-corrected chi connectivity index (χ2v) is 2.51. The normalized spacial score (nSPS) is 12.4. The highest BCUT2D eigenvalue weighted by Gasteiger charge is 1.95. The van der Waals surface area contributed by atoms with Gasteiger partial charge >= 0.3 is 5.97 Å². The summed E-state index contributed by atoms with van der Waals surface area (Å²) < 4.78 is 1.86. The van der Waals surface area contributed by atoms with Crippen LogP contribution in [0.15, 0.2) is 21.8 Å². The fraction of sp³-hybridized carbons (Fsp3) is 0.286. The van der Waals surface area contributed by atoms with Gasteiger partial charge in [-0.3, -0.25) is 0 Å². The average Bonchev–Trinajstić information content (AvgIpc) is 1.88. The van der Waals surface area contributed by atoms with Crippen molar-refractivity contribution >= 4 is 28.6 Å². The van der Waals surface area contributed by atoms with Gasteiger partial charge in [0.25, 0.3) is 0 Å². The molecule has 0 heterocycles. The second kappa shape index (κ2) is 5.46. The molecule has 2 nitrogen and oxygen atoms in total. The van der Waals surface area contributed by atoms with Gasteiger partial charge in [0.15, 0.2) is 0 Å². The molecule has 1 N–H and O–H groups in total. The lowest BCUT2D eigenvalue weighted by Gasteiger charge is -1.88. The molecule has 10 heavy (non-hydrogen) atoms. The van der Waals surface area contributed by atoms with Crippen LogP contribution in [0.25, 0.3) is 0 Å². The highest BCUT2D eigenvalue weighted by molar-refractivity contribution is 14.1. The molecule has 0 aromatic carbocycles. The molecule has 3 heteroatoms. The molecule has 0 rings (SSSR count). The summed E-state index contributed by atoms with van der Waals surface area (Å²) in [5.74, 6) is -0.846. The first-order valence-corrected chi connectivity index (χ1v) is 4.08. The van der Waals surface area contributed by atoms with E-state index in [0.29, 0.717) is 12.0 Å². The summed E-state index contributed by atoms with van der Waals surface area (Å²) >= 11 is 2.09. The molecule has 0 fully saturated rings. The van der Waals surface area contributed by atoms with Crippen molar-refractivity contribution < 1.29 is 9.90 Å². The first kappa shape index (κ1) is 9.68. The molecule has 0 radical (unpaired) electrons. The van der Waals surface area contributed by atoms with Crippen LogP contribution in [0.3, 0.4) is 0 Å². The molecule has 0 aliphatic heterocycles. The van der Waals surface area contributed by atoms with Crippen LogP contribution in [0.1, 0.15) is 13.3 Å². The van der Waals surface area contributed by atoms with Gasteiger partial charge in [-0.1, -0.05) is 34.7 Å². The van der Waals surface area contributed by atoms with Crippen molar-refractivity contribution in [2.24, 2.45) is 0 Å². The number of allylic oxidation sites excluding steroid dienone is 2. The predicted octanol–water partition coefficient (Wildman–Crippen LogP) is 2.36. The summed E-state index contributed by atoms with van der Waals surface area (Å²) in [6.07, 6.45) is 4.27. The lowest BCUT2D eigenvalue weighted by molar-refractivity contribution is -0.132. The summed E-state index contributed by atoms with van der Waals surface area (Å²) in [6, 6.07) is 0. The van der Waals surface area contributed by atoms with Crippen LogP contribution >= 0.6 is 22.6 Å². The molecular weight excluding hydrogens is 243 g/mol. The molecule has 0 aliphatic carbocycles. The zero-order chi connectivity index (χ0) is 7.98. The van der Waals surface area contributed by atoms with Crippen LogP contribution in [0, 0.1) is 0 Å². The molecule has 0 aromatic heterocycles.